The third-order valence-corrected chi connectivity index (χ3v) is 6.76. The van der Waals surface area contributed by atoms with Gasteiger partial charge in [-0.05, 0) is 25.0 Å². The van der Waals surface area contributed by atoms with Crippen molar-refractivity contribution in [1.29, 1.82) is 0 Å². The molecule has 1 saturated heterocycles. The van der Waals surface area contributed by atoms with Gasteiger partial charge in [0.05, 0.1) is 29.7 Å². The molecule has 11 nitrogen and oxygen atoms in total. The summed E-state index contributed by atoms with van der Waals surface area (Å²) in [4.78, 5) is 30.8. The first-order valence-electron chi connectivity index (χ1n) is 11.7. The van der Waals surface area contributed by atoms with Gasteiger partial charge in [-0.2, -0.15) is 0 Å². The van der Waals surface area contributed by atoms with Crippen molar-refractivity contribution in [3.8, 4) is 5.75 Å². The molecule has 0 radical (unpaired) electrons. The average molecular weight is 520 g/mol. The van der Waals surface area contributed by atoms with Gasteiger partial charge in [0.2, 0.25) is 11.8 Å². The van der Waals surface area contributed by atoms with Gasteiger partial charge in [0.15, 0.2) is 5.75 Å². The van der Waals surface area contributed by atoms with Crippen LogP contribution in [0.5, 0.6) is 5.75 Å². The summed E-state index contributed by atoms with van der Waals surface area (Å²) in [5, 5.41) is 34.9. The molecular weight excluding hydrogens is 492 g/mol. The van der Waals surface area contributed by atoms with Crippen LogP contribution >= 0.6 is 0 Å². The monoisotopic (exact) mass is 519 g/mol. The molecule has 1 aromatic heterocycles. The second-order valence-electron chi connectivity index (χ2n) is 10.0. The fraction of sp³-hybridized carbons (Fsp3) is 0.458. The summed E-state index contributed by atoms with van der Waals surface area (Å²) in [5.41, 5.74) is 0.655. The predicted molar refractivity (Wildman–Crippen MR) is 128 cm³/mol. The summed E-state index contributed by atoms with van der Waals surface area (Å²) in [6, 6.07) is 6.60. The summed E-state index contributed by atoms with van der Waals surface area (Å²) < 4.78 is 32.5. The van der Waals surface area contributed by atoms with Gasteiger partial charge in [0, 0.05) is 49.5 Å². The van der Waals surface area contributed by atoms with E-state index in [4.69, 9.17) is 4.74 Å². The molecule has 3 fully saturated rings. The number of alkyl halides is 2. The van der Waals surface area contributed by atoms with Crippen molar-refractivity contribution in [2.24, 2.45) is 11.3 Å². The molecule has 3 aliphatic rings. The quantitative estimate of drug-likeness (QED) is 0.286. The van der Waals surface area contributed by atoms with E-state index in [2.05, 4.69) is 15.6 Å². The maximum Gasteiger partial charge on any atom is 0.369 e. The van der Waals surface area contributed by atoms with E-state index in [1.54, 1.807) is 23.5 Å². The van der Waals surface area contributed by atoms with Crippen molar-refractivity contribution in [2.75, 3.05) is 35.7 Å². The number of aromatic nitrogens is 1. The number of halogens is 2. The van der Waals surface area contributed by atoms with Crippen LogP contribution < -0.4 is 25.6 Å². The minimum Gasteiger partial charge on any atom is -0.492 e. The molecule has 0 bridgehead atoms. The third-order valence-electron chi connectivity index (χ3n) is 6.76. The van der Waals surface area contributed by atoms with Crippen molar-refractivity contribution in [3.63, 3.8) is 0 Å². The Balaban J connectivity index is 1.42. The lowest BCUT2D eigenvalue weighted by Gasteiger charge is -2.59. The Morgan fingerprint density at radius 3 is 2.46 bits per heavy atom. The number of amides is 2. The number of anilines is 4. The molecular formula is C24H27F2N5O6. The maximum absolute atomic E-state index is 13.4. The zero-order chi connectivity index (χ0) is 26.6. The Labute approximate surface area is 210 Å². The first-order valence-corrected chi connectivity index (χ1v) is 11.7. The molecule has 2 saturated carbocycles. The van der Waals surface area contributed by atoms with Crippen LogP contribution in [0.25, 0.3) is 0 Å². The molecule has 0 unspecified atom stereocenters. The number of pyridine rings is 1. The van der Waals surface area contributed by atoms with Crippen molar-refractivity contribution >= 4 is 34.7 Å². The highest BCUT2D eigenvalue weighted by Crippen LogP contribution is 2.58. The fourth-order valence-electron chi connectivity index (χ4n) is 5.04. The van der Waals surface area contributed by atoms with Gasteiger partial charge in [-0.25, -0.2) is 13.8 Å². The lowest BCUT2D eigenvalue weighted by molar-refractivity contribution is -0.323. The van der Waals surface area contributed by atoms with Gasteiger partial charge in [0.1, 0.15) is 5.82 Å². The standard InChI is InChI=1S/C24H27F2N5O6/c1-37-19-15(3-2-4-17(19)31-11-22(12-31)9-23(25,26)10-22)28-16-7-18(29-20(32)13-5-6-13)27-8-14(16)21(33)30-24(34,35)36/h2-4,7-8,13,34-36H,5-6,9-12H2,1H3,(H,30,33)(H2,27,28,29,32). The first kappa shape index (κ1) is 25.1. The molecule has 2 amide bonds. The fourth-order valence-corrected chi connectivity index (χ4v) is 5.04. The van der Waals surface area contributed by atoms with Crippen LogP contribution in [0.3, 0.4) is 0 Å². The van der Waals surface area contributed by atoms with Crippen LogP contribution in [0.1, 0.15) is 36.0 Å². The van der Waals surface area contributed by atoms with E-state index in [1.807, 2.05) is 4.90 Å². The van der Waals surface area contributed by atoms with Crippen molar-refractivity contribution < 1.29 is 38.4 Å². The van der Waals surface area contributed by atoms with Crippen LogP contribution in [-0.4, -0.2) is 64.3 Å². The largest absolute Gasteiger partial charge is 0.492 e. The Morgan fingerprint density at radius 1 is 1.16 bits per heavy atom. The van der Waals surface area contributed by atoms with E-state index in [-0.39, 0.29) is 41.7 Å². The number of nitrogens with zero attached hydrogens (tertiary/aromatic N) is 2. The minimum absolute atomic E-state index is 0.0906. The molecule has 1 spiro atoms. The lowest BCUT2D eigenvalue weighted by Crippen LogP contribution is -2.66. The smallest absolute Gasteiger partial charge is 0.369 e. The van der Waals surface area contributed by atoms with Crippen LogP contribution in [0.4, 0.5) is 31.7 Å². The molecule has 2 aliphatic carbocycles. The molecule has 2 aromatic rings. The highest BCUT2D eigenvalue weighted by molar-refractivity contribution is 6.02. The number of methoxy groups -OCH3 is 1. The van der Waals surface area contributed by atoms with Gasteiger partial charge in [-0.1, -0.05) is 6.07 Å². The van der Waals surface area contributed by atoms with Crippen molar-refractivity contribution in [1.82, 2.24) is 10.3 Å². The second kappa shape index (κ2) is 8.78. The summed E-state index contributed by atoms with van der Waals surface area (Å²) in [5.74, 6) is -3.41. The maximum atomic E-state index is 13.4. The molecule has 5 rings (SSSR count). The molecule has 1 aliphatic heterocycles. The summed E-state index contributed by atoms with van der Waals surface area (Å²) >= 11 is 0. The Bertz CT molecular complexity index is 1230. The van der Waals surface area contributed by atoms with Crippen LogP contribution in [0.2, 0.25) is 0 Å². The van der Waals surface area contributed by atoms with E-state index in [0.29, 0.717) is 30.2 Å². The second-order valence-corrected chi connectivity index (χ2v) is 10.0. The van der Waals surface area contributed by atoms with Gasteiger partial charge < -0.3 is 35.6 Å². The molecule has 2 heterocycles. The van der Waals surface area contributed by atoms with E-state index in [0.717, 1.165) is 19.0 Å². The number of nitrogens with one attached hydrogen (secondary N) is 3. The number of ether oxygens (including phenoxy) is 1. The van der Waals surface area contributed by atoms with E-state index < -0.39 is 23.3 Å². The van der Waals surface area contributed by atoms with Gasteiger partial charge >= 0.3 is 6.10 Å². The van der Waals surface area contributed by atoms with Gasteiger partial charge in [-0.15, -0.1) is 0 Å². The summed E-state index contributed by atoms with van der Waals surface area (Å²) in [6.07, 6.45) is -1.06. The number of benzene rings is 1. The number of carbonyl (C=O) groups is 2. The molecule has 37 heavy (non-hydrogen) atoms. The molecule has 0 atom stereocenters. The number of aliphatic hydroxyl groups is 3. The lowest BCUT2D eigenvalue weighted by atomic mass is 9.61. The highest BCUT2D eigenvalue weighted by atomic mass is 19.3. The van der Waals surface area contributed by atoms with Crippen LogP contribution in [-0.2, 0) is 4.79 Å². The van der Waals surface area contributed by atoms with Gasteiger partial charge in [0.25, 0.3) is 5.91 Å². The minimum atomic E-state index is -3.46. The summed E-state index contributed by atoms with van der Waals surface area (Å²) in [7, 11) is 1.45. The Kier molecular flexibility index (Phi) is 5.96. The topological polar surface area (TPSA) is 156 Å². The zero-order valence-corrected chi connectivity index (χ0v) is 19.9. The number of para-hydroxylation sites is 1. The Morgan fingerprint density at radius 2 is 1.86 bits per heavy atom. The van der Waals surface area contributed by atoms with Crippen LogP contribution in [0.15, 0.2) is 30.5 Å². The SMILES string of the molecule is COc1c(Nc2cc(NC(=O)C3CC3)ncc2C(=O)NC(O)(O)O)cccc1N1CC2(C1)CC(F)(F)C2. The van der Waals surface area contributed by atoms with E-state index >= 15 is 0 Å². The number of carbonyl (C=O) groups excluding carboxylic acids is 2. The molecule has 1 aromatic carbocycles. The number of rotatable bonds is 8. The first-order chi connectivity index (χ1) is 17.4. The normalized spacial score (nSPS) is 19.5. The van der Waals surface area contributed by atoms with E-state index in [1.165, 1.54) is 13.2 Å². The average Bonchev–Trinajstić information content (AvgIpc) is 3.60. The molecule has 6 N–H and O–H groups in total. The van der Waals surface area contributed by atoms with Gasteiger partial charge in [-0.3, -0.25) is 14.9 Å². The number of hydrogen-bond acceptors (Lipinski definition) is 9. The van der Waals surface area contributed by atoms with E-state index in [9.17, 15) is 33.7 Å². The summed E-state index contributed by atoms with van der Waals surface area (Å²) in [6.45, 7) is 0.933. The zero-order valence-electron chi connectivity index (χ0n) is 19.9. The van der Waals surface area contributed by atoms with Crippen molar-refractivity contribution in [3.05, 3.63) is 36.0 Å². The third kappa shape index (κ3) is 5.29. The van der Waals surface area contributed by atoms with Crippen molar-refractivity contribution in [2.45, 2.75) is 37.7 Å². The highest BCUT2D eigenvalue weighted by Gasteiger charge is 2.62. The molecule has 198 valence electrons. The van der Waals surface area contributed by atoms with Crippen LogP contribution in [0, 0.1) is 11.3 Å². The number of hydrogen-bond donors (Lipinski definition) is 6. The predicted octanol–water partition coefficient (Wildman–Crippen LogP) is 1.74. The molecule has 13 heteroatoms. The Hall–Kier alpha value is -3.55.